The number of phosphoric ester groups is 1. The van der Waals surface area contributed by atoms with Gasteiger partial charge >= 0.3 is 5.97 Å². The van der Waals surface area contributed by atoms with Gasteiger partial charge in [-0.1, -0.05) is 133 Å². The molecule has 0 aromatic rings. The lowest BCUT2D eigenvalue weighted by Crippen LogP contribution is -2.37. The molecule has 2 unspecified atom stereocenters. The average molecular weight is 754 g/mol. The molecule has 0 aliphatic heterocycles. The Morgan fingerprint density at radius 2 is 1.10 bits per heavy atom. The number of quaternary nitrogens is 1. The molecule has 0 radical (unpaired) electrons. The fraction of sp³-hybridized carbons (Fsp3) is 0.791. The average Bonchev–Trinajstić information content (AvgIpc) is 3.09. The van der Waals surface area contributed by atoms with Gasteiger partial charge in [-0.25, -0.2) is 0 Å². The lowest BCUT2D eigenvalue weighted by atomic mass is 10.1. The van der Waals surface area contributed by atoms with E-state index in [-0.39, 0.29) is 25.8 Å². The molecule has 0 bridgehead atoms. The van der Waals surface area contributed by atoms with Gasteiger partial charge in [-0.15, -0.1) is 0 Å². The van der Waals surface area contributed by atoms with E-state index >= 15 is 0 Å². The highest BCUT2D eigenvalue weighted by Crippen LogP contribution is 2.38. The predicted octanol–water partition coefficient (Wildman–Crippen LogP) is 11.4. The number of hydrogen-bond donors (Lipinski definition) is 0. The van der Waals surface area contributed by atoms with Crippen molar-refractivity contribution >= 4 is 13.8 Å². The van der Waals surface area contributed by atoms with E-state index < -0.39 is 13.9 Å². The third kappa shape index (κ3) is 39.7. The van der Waals surface area contributed by atoms with Crippen LogP contribution in [-0.4, -0.2) is 70.7 Å². The molecule has 0 rings (SSSR count). The molecular weight excluding hydrogens is 673 g/mol. The van der Waals surface area contributed by atoms with E-state index in [1.165, 1.54) is 77.0 Å². The van der Waals surface area contributed by atoms with Crippen molar-refractivity contribution in [2.24, 2.45) is 0 Å². The second-order valence-electron chi connectivity index (χ2n) is 15.0. The van der Waals surface area contributed by atoms with Crippen molar-refractivity contribution in [2.75, 3.05) is 54.1 Å². The van der Waals surface area contributed by atoms with Crippen molar-refractivity contribution < 1.29 is 37.3 Å². The van der Waals surface area contributed by atoms with Crippen LogP contribution >= 0.6 is 7.82 Å². The zero-order valence-electron chi connectivity index (χ0n) is 34.2. The number of allylic oxidation sites excluding steroid dienone is 8. The Morgan fingerprint density at radius 1 is 0.596 bits per heavy atom. The number of phosphoric acid groups is 1. The summed E-state index contributed by atoms with van der Waals surface area (Å²) < 4.78 is 34.5. The number of carbonyl (C=O) groups is 1. The Hall–Kier alpha value is -1.54. The van der Waals surface area contributed by atoms with E-state index in [4.69, 9.17) is 18.5 Å². The largest absolute Gasteiger partial charge is 0.756 e. The lowest BCUT2D eigenvalue weighted by Gasteiger charge is -2.28. The number of hydrogen-bond acceptors (Lipinski definition) is 7. The molecule has 0 aliphatic rings. The molecule has 2 atom stereocenters. The maximum Gasteiger partial charge on any atom is 0.306 e. The number of rotatable bonds is 38. The summed E-state index contributed by atoms with van der Waals surface area (Å²) in [7, 11) is 1.34. The maximum absolute atomic E-state index is 12.6. The van der Waals surface area contributed by atoms with Gasteiger partial charge in [0.25, 0.3) is 7.82 Å². The molecule has 0 aromatic carbocycles. The smallest absolute Gasteiger partial charge is 0.306 e. The molecule has 304 valence electrons. The van der Waals surface area contributed by atoms with Crippen LogP contribution in [0.25, 0.3) is 0 Å². The minimum absolute atomic E-state index is 0.0205. The van der Waals surface area contributed by atoms with E-state index in [0.717, 1.165) is 64.2 Å². The standard InChI is InChI=1S/C43H80NO7P/c1-6-8-10-12-14-16-18-19-20-21-22-23-24-25-26-28-30-32-34-36-43(45)51-42(41-50-52(46,47)49-39-37-44(3,4)5)40-48-38-35-33-31-29-27-17-15-13-11-9-7-2/h11,13-14,16,19-20,22-23,42H,6-10,12,15,17-18,21,24-41H2,1-5H3/b13-11-,16-14-,20-19-,23-22-. The van der Waals surface area contributed by atoms with Crippen LogP contribution in [0.15, 0.2) is 48.6 Å². The fourth-order valence-electron chi connectivity index (χ4n) is 5.32. The van der Waals surface area contributed by atoms with E-state index in [9.17, 15) is 14.3 Å². The molecule has 0 amide bonds. The highest BCUT2D eigenvalue weighted by atomic mass is 31.2. The van der Waals surface area contributed by atoms with Gasteiger partial charge < -0.3 is 27.9 Å². The van der Waals surface area contributed by atoms with Gasteiger partial charge in [0.2, 0.25) is 0 Å². The number of unbranched alkanes of at least 4 members (excludes halogenated alkanes) is 16. The Morgan fingerprint density at radius 3 is 1.67 bits per heavy atom. The monoisotopic (exact) mass is 754 g/mol. The predicted molar refractivity (Wildman–Crippen MR) is 217 cm³/mol. The molecule has 52 heavy (non-hydrogen) atoms. The van der Waals surface area contributed by atoms with Crippen molar-refractivity contribution in [3.63, 3.8) is 0 Å². The van der Waals surface area contributed by atoms with Crippen LogP contribution in [0, 0.1) is 0 Å². The van der Waals surface area contributed by atoms with Crippen LogP contribution in [0.1, 0.15) is 162 Å². The number of esters is 1. The minimum Gasteiger partial charge on any atom is -0.756 e. The van der Waals surface area contributed by atoms with E-state index in [1.54, 1.807) is 0 Å². The van der Waals surface area contributed by atoms with Gasteiger partial charge in [0.1, 0.15) is 19.3 Å². The van der Waals surface area contributed by atoms with Gasteiger partial charge in [0.15, 0.2) is 0 Å². The molecule has 0 heterocycles. The summed E-state index contributed by atoms with van der Waals surface area (Å²) in [6.45, 7) is 5.28. The lowest BCUT2D eigenvalue weighted by molar-refractivity contribution is -0.870. The first kappa shape index (κ1) is 50.5. The summed E-state index contributed by atoms with van der Waals surface area (Å²) in [5.41, 5.74) is 0. The van der Waals surface area contributed by atoms with Crippen molar-refractivity contribution in [1.82, 2.24) is 0 Å². The van der Waals surface area contributed by atoms with Crippen molar-refractivity contribution in [2.45, 2.75) is 168 Å². The van der Waals surface area contributed by atoms with Crippen LogP contribution in [0.4, 0.5) is 0 Å². The van der Waals surface area contributed by atoms with Crippen molar-refractivity contribution in [3.8, 4) is 0 Å². The normalized spacial score (nSPS) is 14.3. The summed E-state index contributed by atoms with van der Waals surface area (Å²) in [5, 5.41) is 0. The SMILES string of the molecule is CCC/C=C\CCCCCCCCOCC(COP(=O)([O-])OCC[N+](C)(C)C)OC(=O)CCCCCCCC/C=C\C/C=C\C/C=C\CCCCC. The van der Waals surface area contributed by atoms with Gasteiger partial charge in [-0.2, -0.15) is 0 Å². The number of carbonyl (C=O) groups excluding carboxylic acids is 1. The van der Waals surface area contributed by atoms with Gasteiger partial charge in [-0.05, 0) is 70.6 Å². The topological polar surface area (TPSA) is 94.1 Å². The van der Waals surface area contributed by atoms with Gasteiger partial charge in [-0.3, -0.25) is 9.36 Å². The highest BCUT2D eigenvalue weighted by molar-refractivity contribution is 7.45. The van der Waals surface area contributed by atoms with Crippen molar-refractivity contribution in [3.05, 3.63) is 48.6 Å². The maximum atomic E-state index is 12.6. The third-order valence-corrected chi connectivity index (χ3v) is 9.55. The first-order valence-corrected chi connectivity index (χ1v) is 22.3. The van der Waals surface area contributed by atoms with Gasteiger partial charge in [0, 0.05) is 13.0 Å². The molecule has 0 aromatic heterocycles. The second-order valence-corrected chi connectivity index (χ2v) is 16.4. The Bertz CT molecular complexity index is 973. The molecule has 0 saturated heterocycles. The zero-order chi connectivity index (χ0) is 38.4. The zero-order valence-corrected chi connectivity index (χ0v) is 35.1. The third-order valence-electron chi connectivity index (χ3n) is 8.58. The molecule has 0 aliphatic carbocycles. The molecule has 0 N–H and O–H groups in total. The summed E-state index contributed by atoms with van der Waals surface area (Å²) >= 11 is 0. The van der Waals surface area contributed by atoms with Crippen LogP contribution in [0.5, 0.6) is 0 Å². The molecular formula is C43H80NO7P. The second kappa shape index (κ2) is 36.4. The summed E-state index contributed by atoms with van der Waals surface area (Å²) in [5.74, 6) is -0.351. The molecule has 0 saturated carbocycles. The van der Waals surface area contributed by atoms with Crippen molar-refractivity contribution in [1.29, 1.82) is 0 Å². The molecule has 9 heteroatoms. The van der Waals surface area contributed by atoms with Crippen LogP contribution < -0.4 is 4.89 Å². The van der Waals surface area contributed by atoms with E-state index in [2.05, 4.69) is 62.5 Å². The number of nitrogens with zero attached hydrogens (tertiary/aromatic N) is 1. The van der Waals surface area contributed by atoms with Crippen LogP contribution in [0.3, 0.4) is 0 Å². The van der Waals surface area contributed by atoms with E-state index in [0.29, 0.717) is 24.1 Å². The summed E-state index contributed by atoms with van der Waals surface area (Å²) in [4.78, 5) is 25.0. The van der Waals surface area contributed by atoms with Crippen LogP contribution in [-0.2, 0) is 27.9 Å². The Labute approximate surface area is 320 Å². The summed E-state index contributed by atoms with van der Waals surface area (Å²) in [6, 6.07) is 0. The van der Waals surface area contributed by atoms with Crippen LogP contribution in [0.2, 0.25) is 0 Å². The summed E-state index contributed by atoms with van der Waals surface area (Å²) in [6.07, 6.45) is 42.6. The Balaban J connectivity index is 4.27. The molecule has 0 fully saturated rings. The number of ether oxygens (including phenoxy) is 2. The number of likely N-dealkylation sites (N-methyl/N-ethyl adjacent to an activating group) is 1. The minimum atomic E-state index is -4.53. The molecule has 8 nitrogen and oxygen atoms in total. The highest BCUT2D eigenvalue weighted by Gasteiger charge is 2.20. The van der Waals surface area contributed by atoms with Gasteiger partial charge in [0.05, 0.1) is 34.4 Å². The molecule has 0 spiro atoms. The fourth-order valence-corrected chi connectivity index (χ4v) is 6.05. The van der Waals surface area contributed by atoms with E-state index in [1.807, 2.05) is 21.1 Å². The Kier molecular flexibility index (Phi) is 35.4. The quantitative estimate of drug-likeness (QED) is 0.0204. The first-order chi connectivity index (χ1) is 25.1. The first-order valence-electron chi connectivity index (χ1n) is 20.9.